The van der Waals surface area contributed by atoms with Crippen LogP contribution in [0.1, 0.15) is 37.7 Å². The van der Waals surface area contributed by atoms with E-state index in [0.717, 1.165) is 19.3 Å². The summed E-state index contributed by atoms with van der Waals surface area (Å²) in [4.78, 5) is 12.5. The number of hydrogen-bond acceptors (Lipinski definition) is 3. The Labute approximate surface area is 138 Å². The van der Waals surface area contributed by atoms with Crippen molar-refractivity contribution in [1.82, 2.24) is 5.32 Å². The molecule has 1 aliphatic heterocycles. The molecule has 1 saturated heterocycles. The molecule has 1 aromatic carbocycles. The molecular formula is C18H25NO3S. The molecule has 2 fully saturated rings. The molecule has 2 atom stereocenters. The molecule has 0 spiro atoms. The minimum Gasteiger partial charge on any atom is -0.352 e. The molecule has 23 heavy (non-hydrogen) atoms. The Hall–Kier alpha value is -1.36. The second-order valence-electron chi connectivity index (χ2n) is 6.95. The van der Waals surface area contributed by atoms with Crippen LogP contribution in [0.5, 0.6) is 0 Å². The van der Waals surface area contributed by atoms with Crippen LogP contribution in [0.15, 0.2) is 30.3 Å². The van der Waals surface area contributed by atoms with Gasteiger partial charge in [-0.3, -0.25) is 4.79 Å². The van der Waals surface area contributed by atoms with Gasteiger partial charge >= 0.3 is 0 Å². The Balaban J connectivity index is 1.67. The van der Waals surface area contributed by atoms with Crippen LogP contribution in [0.3, 0.4) is 0 Å². The highest BCUT2D eigenvalue weighted by Gasteiger charge is 2.35. The van der Waals surface area contributed by atoms with Gasteiger partial charge in [0.1, 0.15) is 0 Å². The molecule has 1 aliphatic carbocycles. The van der Waals surface area contributed by atoms with Gasteiger partial charge in [-0.25, -0.2) is 8.42 Å². The Morgan fingerprint density at radius 2 is 1.83 bits per heavy atom. The number of sulfone groups is 1. The van der Waals surface area contributed by atoms with E-state index in [1.54, 1.807) is 0 Å². The van der Waals surface area contributed by atoms with Crippen LogP contribution in [0.25, 0.3) is 0 Å². The lowest BCUT2D eigenvalue weighted by molar-refractivity contribution is -0.125. The molecule has 1 aromatic rings. The van der Waals surface area contributed by atoms with Crippen molar-refractivity contribution in [1.29, 1.82) is 0 Å². The van der Waals surface area contributed by atoms with Gasteiger partial charge in [-0.2, -0.15) is 0 Å². The van der Waals surface area contributed by atoms with E-state index >= 15 is 0 Å². The lowest BCUT2D eigenvalue weighted by Gasteiger charge is -2.26. The molecule has 0 radical (unpaired) electrons. The summed E-state index contributed by atoms with van der Waals surface area (Å²) in [5, 5.41) is 3.18. The summed E-state index contributed by atoms with van der Waals surface area (Å²) >= 11 is 0. The molecule has 0 unspecified atom stereocenters. The summed E-state index contributed by atoms with van der Waals surface area (Å²) < 4.78 is 23.2. The molecule has 3 rings (SSSR count). The smallest absolute Gasteiger partial charge is 0.224 e. The largest absolute Gasteiger partial charge is 0.352 e. The van der Waals surface area contributed by atoms with Crippen molar-refractivity contribution in [2.75, 3.05) is 11.5 Å². The maximum Gasteiger partial charge on any atom is 0.224 e. The standard InChI is InChI=1S/C18H25NO3S/c20-18(16-10-11-23(21,22)13-16)19-17(15-8-4-5-9-15)12-14-6-2-1-3-7-14/h1-3,6-7,15-17H,4-5,8-13H2,(H,19,20)/t16-,17+/m0/s1. The number of nitrogens with one attached hydrogen (secondary N) is 1. The number of carbonyl (C=O) groups is 1. The average Bonchev–Trinajstić information content (AvgIpc) is 3.17. The first-order valence-corrected chi connectivity index (χ1v) is 10.4. The van der Waals surface area contributed by atoms with Crippen LogP contribution in [-0.2, 0) is 21.1 Å². The second kappa shape index (κ2) is 7.04. The SMILES string of the molecule is O=C(N[C@H](Cc1ccccc1)C1CCCC1)[C@H]1CCS(=O)(=O)C1. The molecule has 0 bridgehead atoms. The van der Waals surface area contributed by atoms with E-state index in [4.69, 9.17) is 0 Å². The topological polar surface area (TPSA) is 63.2 Å². The zero-order valence-electron chi connectivity index (χ0n) is 13.4. The molecule has 0 aromatic heterocycles. The summed E-state index contributed by atoms with van der Waals surface area (Å²) in [6.07, 6.45) is 6.06. The average molecular weight is 335 g/mol. The molecule has 126 valence electrons. The van der Waals surface area contributed by atoms with E-state index in [-0.39, 0.29) is 29.4 Å². The van der Waals surface area contributed by atoms with Crippen molar-refractivity contribution in [2.45, 2.75) is 44.6 Å². The quantitative estimate of drug-likeness (QED) is 0.898. The van der Waals surface area contributed by atoms with Crippen LogP contribution in [0.4, 0.5) is 0 Å². The van der Waals surface area contributed by atoms with Crippen molar-refractivity contribution < 1.29 is 13.2 Å². The van der Waals surface area contributed by atoms with Gasteiger partial charge in [0, 0.05) is 6.04 Å². The molecule has 1 amide bonds. The highest BCUT2D eigenvalue weighted by molar-refractivity contribution is 7.91. The van der Waals surface area contributed by atoms with Gasteiger partial charge < -0.3 is 5.32 Å². The van der Waals surface area contributed by atoms with Crippen LogP contribution in [0.2, 0.25) is 0 Å². The maximum absolute atomic E-state index is 12.5. The van der Waals surface area contributed by atoms with Crippen molar-refractivity contribution in [2.24, 2.45) is 11.8 Å². The van der Waals surface area contributed by atoms with E-state index < -0.39 is 9.84 Å². The molecule has 1 saturated carbocycles. The highest BCUT2D eigenvalue weighted by Crippen LogP contribution is 2.30. The zero-order chi connectivity index (χ0) is 16.3. The van der Waals surface area contributed by atoms with Gasteiger partial charge in [0.15, 0.2) is 9.84 Å². The maximum atomic E-state index is 12.5. The van der Waals surface area contributed by atoms with Crippen molar-refractivity contribution in [3.8, 4) is 0 Å². The van der Waals surface area contributed by atoms with Gasteiger partial charge in [-0.05, 0) is 37.2 Å². The zero-order valence-corrected chi connectivity index (χ0v) is 14.2. The number of carbonyl (C=O) groups excluding carboxylic acids is 1. The lowest BCUT2D eigenvalue weighted by Crippen LogP contribution is -2.44. The third-order valence-electron chi connectivity index (χ3n) is 5.20. The van der Waals surface area contributed by atoms with E-state index in [1.165, 1.54) is 18.4 Å². The monoisotopic (exact) mass is 335 g/mol. The van der Waals surface area contributed by atoms with E-state index in [0.29, 0.717) is 12.3 Å². The van der Waals surface area contributed by atoms with Crippen LogP contribution in [-0.4, -0.2) is 31.9 Å². The number of amides is 1. The Bertz CT molecular complexity index is 635. The second-order valence-corrected chi connectivity index (χ2v) is 9.18. The fourth-order valence-corrected chi connectivity index (χ4v) is 5.61. The molecule has 2 aliphatic rings. The van der Waals surface area contributed by atoms with Crippen molar-refractivity contribution in [3.63, 3.8) is 0 Å². The van der Waals surface area contributed by atoms with Crippen LogP contribution >= 0.6 is 0 Å². The minimum atomic E-state index is -3.02. The minimum absolute atomic E-state index is 0.0154. The van der Waals surface area contributed by atoms with Gasteiger partial charge in [-0.15, -0.1) is 0 Å². The number of rotatable bonds is 5. The molecule has 4 nitrogen and oxygen atoms in total. The van der Waals surface area contributed by atoms with E-state index in [1.807, 2.05) is 18.2 Å². The first kappa shape index (κ1) is 16.5. The van der Waals surface area contributed by atoms with Crippen molar-refractivity contribution in [3.05, 3.63) is 35.9 Å². The summed E-state index contributed by atoms with van der Waals surface area (Å²) in [5.41, 5.74) is 1.23. The van der Waals surface area contributed by atoms with Gasteiger partial charge in [-0.1, -0.05) is 43.2 Å². The first-order valence-electron chi connectivity index (χ1n) is 8.58. The Morgan fingerprint density at radius 3 is 2.43 bits per heavy atom. The summed E-state index contributed by atoms with van der Waals surface area (Å²) in [7, 11) is -3.02. The molecule has 5 heteroatoms. The summed E-state index contributed by atoms with van der Waals surface area (Å²) in [5.74, 6) is 0.245. The van der Waals surface area contributed by atoms with E-state index in [2.05, 4.69) is 17.4 Å². The van der Waals surface area contributed by atoms with Crippen LogP contribution < -0.4 is 5.32 Å². The predicted molar refractivity (Wildman–Crippen MR) is 90.8 cm³/mol. The van der Waals surface area contributed by atoms with Gasteiger partial charge in [0.2, 0.25) is 5.91 Å². The number of benzene rings is 1. The highest BCUT2D eigenvalue weighted by atomic mass is 32.2. The van der Waals surface area contributed by atoms with Gasteiger partial charge in [0.25, 0.3) is 0 Å². The summed E-state index contributed by atoms with van der Waals surface area (Å²) in [6, 6.07) is 10.3. The lowest BCUT2D eigenvalue weighted by atomic mass is 9.91. The Morgan fingerprint density at radius 1 is 1.13 bits per heavy atom. The fourth-order valence-electron chi connectivity index (χ4n) is 3.87. The number of hydrogen-bond donors (Lipinski definition) is 1. The summed E-state index contributed by atoms with van der Waals surface area (Å²) in [6.45, 7) is 0. The third-order valence-corrected chi connectivity index (χ3v) is 6.97. The van der Waals surface area contributed by atoms with Crippen LogP contribution in [0, 0.1) is 11.8 Å². The normalized spacial score (nSPS) is 25.3. The third kappa shape index (κ3) is 4.34. The van der Waals surface area contributed by atoms with Crippen molar-refractivity contribution >= 4 is 15.7 Å². The first-order chi connectivity index (χ1) is 11.0. The predicted octanol–water partition coefficient (Wildman–Crippen LogP) is 2.34. The van der Waals surface area contributed by atoms with E-state index in [9.17, 15) is 13.2 Å². The molecular weight excluding hydrogens is 310 g/mol. The molecule has 1 N–H and O–H groups in total. The van der Waals surface area contributed by atoms with Gasteiger partial charge in [0.05, 0.1) is 17.4 Å². The fraction of sp³-hybridized carbons (Fsp3) is 0.611. The molecule has 1 heterocycles. The Kier molecular flexibility index (Phi) is 5.05.